The van der Waals surface area contributed by atoms with Gasteiger partial charge in [-0.1, -0.05) is 0 Å². The van der Waals surface area contributed by atoms with Crippen molar-refractivity contribution in [3.8, 4) is 0 Å². The SMILES string of the molecule is CCn1c(=O)c(C)nc2cc(C(=O)NC[C@H](c3ccco3)N3CCCC3)ccc21. The highest BCUT2D eigenvalue weighted by Gasteiger charge is 2.26. The second-order valence-corrected chi connectivity index (χ2v) is 7.43. The fourth-order valence-electron chi connectivity index (χ4n) is 4.06. The number of hydrogen-bond acceptors (Lipinski definition) is 5. The van der Waals surface area contributed by atoms with Crippen LogP contribution in [0.4, 0.5) is 0 Å². The van der Waals surface area contributed by atoms with Gasteiger partial charge in [0.1, 0.15) is 11.5 Å². The van der Waals surface area contributed by atoms with E-state index >= 15 is 0 Å². The van der Waals surface area contributed by atoms with Crippen molar-refractivity contribution in [2.24, 2.45) is 0 Å². The number of aromatic nitrogens is 2. The molecule has 1 fully saturated rings. The Kier molecular flexibility index (Phi) is 5.49. The van der Waals surface area contributed by atoms with E-state index in [1.807, 2.05) is 19.1 Å². The van der Waals surface area contributed by atoms with Crippen LogP contribution in [-0.2, 0) is 6.54 Å². The van der Waals surface area contributed by atoms with E-state index < -0.39 is 0 Å². The van der Waals surface area contributed by atoms with Crippen molar-refractivity contribution in [2.45, 2.75) is 39.3 Å². The summed E-state index contributed by atoms with van der Waals surface area (Å²) in [5, 5.41) is 3.05. The molecule has 1 saturated heterocycles. The molecule has 0 bridgehead atoms. The third-order valence-corrected chi connectivity index (χ3v) is 5.60. The van der Waals surface area contributed by atoms with Crippen LogP contribution in [-0.4, -0.2) is 40.0 Å². The van der Waals surface area contributed by atoms with Gasteiger partial charge in [-0.25, -0.2) is 4.98 Å². The summed E-state index contributed by atoms with van der Waals surface area (Å²) in [6.45, 7) is 6.68. The summed E-state index contributed by atoms with van der Waals surface area (Å²) in [4.78, 5) is 31.8. The third kappa shape index (κ3) is 3.82. The van der Waals surface area contributed by atoms with Crippen molar-refractivity contribution in [1.82, 2.24) is 19.8 Å². The van der Waals surface area contributed by atoms with E-state index in [0.717, 1.165) is 24.4 Å². The monoisotopic (exact) mass is 394 g/mol. The predicted octanol–water partition coefficient (Wildman–Crippen LogP) is 2.88. The second-order valence-electron chi connectivity index (χ2n) is 7.43. The molecule has 2 aromatic heterocycles. The quantitative estimate of drug-likeness (QED) is 0.695. The molecule has 0 radical (unpaired) electrons. The van der Waals surface area contributed by atoms with Gasteiger partial charge in [0.25, 0.3) is 11.5 Å². The zero-order chi connectivity index (χ0) is 20.4. The number of furan rings is 1. The molecule has 7 nitrogen and oxygen atoms in total. The Bertz CT molecular complexity index is 1070. The van der Waals surface area contributed by atoms with Crippen LogP contribution < -0.4 is 10.9 Å². The molecule has 3 heterocycles. The molecule has 1 N–H and O–H groups in total. The highest BCUT2D eigenvalue weighted by molar-refractivity contribution is 5.97. The lowest BCUT2D eigenvalue weighted by molar-refractivity contribution is 0.0934. The van der Waals surface area contributed by atoms with Crippen LogP contribution in [0.3, 0.4) is 0 Å². The van der Waals surface area contributed by atoms with Gasteiger partial charge in [-0.05, 0) is 70.1 Å². The minimum atomic E-state index is -0.156. The van der Waals surface area contributed by atoms with Gasteiger partial charge >= 0.3 is 0 Å². The van der Waals surface area contributed by atoms with Crippen LogP contribution in [0, 0.1) is 6.92 Å². The number of benzene rings is 1. The first kappa shape index (κ1) is 19.4. The van der Waals surface area contributed by atoms with E-state index in [-0.39, 0.29) is 17.5 Å². The van der Waals surface area contributed by atoms with Gasteiger partial charge in [-0.3, -0.25) is 14.5 Å². The molecule has 152 valence electrons. The van der Waals surface area contributed by atoms with Crippen LogP contribution in [0.5, 0.6) is 0 Å². The van der Waals surface area contributed by atoms with Crippen molar-refractivity contribution in [2.75, 3.05) is 19.6 Å². The topological polar surface area (TPSA) is 80.4 Å². The molecule has 0 unspecified atom stereocenters. The lowest BCUT2D eigenvalue weighted by Gasteiger charge is -2.26. The van der Waals surface area contributed by atoms with E-state index in [4.69, 9.17) is 4.42 Å². The Labute approximate surface area is 169 Å². The predicted molar refractivity (Wildman–Crippen MR) is 111 cm³/mol. The Morgan fingerprint density at radius 1 is 1.28 bits per heavy atom. The fraction of sp³-hybridized carbons (Fsp3) is 0.409. The van der Waals surface area contributed by atoms with Crippen LogP contribution in [0.2, 0.25) is 0 Å². The van der Waals surface area contributed by atoms with Crippen LogP contribution in [0.15, 0.2) is 45.8 Å². The van der Waals surface area contributed by atoms with Crippen LogP contribution >= 0.6 is 0 Å². The Hall–Kier alpha value is -2.93. The molecule has 3 aromatic rings. The second kappa shape index (κ2) is 8.21. The Morgan fingerprint density at radius 2 is 2.07 bits per heavy atom. The smallest absolute Gasteiger partial charge is 0.272 e. The molecule has 7 heteroatoms. The third-order valence-electron chi connectivity index (χ3n) is 5.60. The van der Waals surface area contributed by atoms with Gasteiger partial charge in [0.15, 0.2) is 0 Å². The van der Waals surface area contributed by atoms with E-state index in [1.165, 1.54) is 12.8 Å². The van der Waals surface area contributed by atoms with Gasteiger partial charge < -0.3 is 14.3 Å². The number of carbonyl (C=O) groups is 1. The number of carbonyl (C=O) groups excluding carboxylic acids is 1. The van der Waals surface area contributed by atoms with Gasteiger partial charge in [0.2, 0.25) is 0 Å². The Balaban J connectivity index is 1.55. The number of nitrogens with zero attached hydrogens (tertiary/aromatic N) is 3. The first-order chi connectivity index (χ1) is 14.1. The molecule has 1 aliphatic heterocycles. The van der Waals surface area contributed by atoms with Crippen molar-refractivity contribution >= 4 is 16.9 Å². The average Bonchev–Trinajstić information content (AvgIpc) is 3.43. The molecule has 0 aliphatic carbocycles. The van der Waals surface area contributed by atoms with Crippen LogP contribution in [0.25, 0.3) is 11.0 Å². The maximum atomic E-state index is 12.8. The highest BCUT2D eigenvalue weighted by Crippen LogP contribution is 2.25. The maximum absolute atomic E-state index is 12.8. The number of nitrogens with one attached hydrogen (secondary N) is 1. The molecule has 1 aromatic carbocycles. The van der Waals surface area contributed by atoms with E-state index in [9.17, 15) is 9.59 Å². The lowest BCUT2D eigenvalue weighted by Crippen LogP contribution is -2.36. The minimum absolute atomic E-state index is 0.0301. The number of hydrogen-bond donors (Lipinski definition) is 1. The summed E-state index contributed by atoms with van der Waals surface area (Å²) in [7, 11) is 0. The summed E-state index contributed by atoms with van der Waals surface area (Å²) in [6, 6.07) is 9.17. The number of aryl methyl sites for hydroxylation is 2. The zero-order valence-corrected chi connectivity index (χ0v) is 16.9. The fourth-order valence-corrected chi connectivity index (χ4v) is 4.06. The summed E-state index contributed by atoms with van der Waals surface area (Å²) >= 11 is 0. The highest BCUT2D eigenvalue weighted by atomic mass is 16.3. The van der Waals surface area contributed by atoms with Crippen molar-refractivity contribution in [1.29, 1.82) is 0 Å². The van der Waals surface area contributed by atoms with Gasteiger partial charge in [-0.2, -0.15) is 0 Å². The van der Waals surface area contributed by atoms with E-state index in [2.05, 4.69) is 15.2 Å². The zero-order valence-electron chi connectivity index (χ0n) is 16.9. The number of fused-ring (bicyclic) bond motifs is 1. The molecule has 1 atom stereocenters. The van der Waals surface area contributed by atoms with Gasteiger partial charge in [0.05, 0.1) is 23.3 Å². The summed E-state index contributed by atoms with van der Waals surface area (Å²) < 4.78 is 7.30. The number of likely N-dealkylation sites (tertiary alicyclic amines) is 1. The Morgan fingerprint density at radius 3 is 2.76 bits per heavy atom. The van der Waals surface area contributed by atoms with Gasteiger partial charge in [-0.15, -0.1) is 0 Å². The largest absolute Gasteiger partial charge is 0.468 e. The number of amides is 1. The summed E-state index contributed by atoms with van der Waals surface area (Å²) in [5.41, 5.74) is 2.27. The van der Waals surface area contributed by atoms with Crippen LogP contribution in [0.1, 0.15) is 47.6 Å². The van der Waals surface area contributed by atoms with E-state index in [0.29, 0.717) is 29.9 Å². The molecule has 1 aliphatic rings. The molecular formula is C22H26N4O3. The first-order valence-electron chi connectivity index (χ1n) is 10.2. The summed E-state index contributed by atoms with van der Waals surface area (Å²) in [6.07, 6.45) is 4.00. The molecule has 0 saturated carbocycles. The number of rotatable bonds is 6. The first-order valence-corrected chi connectivity index (χ1v) is 10.2. The lowest BCUT2D eigenvalue weighted by atomic mass is 10.1. The normalized spacial score (nSPS) is 15.7. The molecule has 29 heavy (non-hydrogen) atoms. The standard InChI is InChI=1S/C22H26N4O3/c1-3-26-18-9-8-16(13-17(18)24-15(2)22(26)28)21(27)23-14-19(20-7-6-12-29-20)25-10-4-5-11-25/h6-9,12-13,19H,3-5,10-11,14H2,1-2H3,(H,23,27)/t19-/m1/s1. The van der Waals surface area contributed by atoms with Crippen molar-refractivity contribution in [3.63, 3.8) is 0 Å². The van der Waals surface area contributed by atoms with Crippen molar-refractivity contribution < 1.29 is 9.21 Å². The molecular weight excluding hydrogens is 368 g/mol. The van der Waals surface area contributed by atoms with Crippen molar-refractivity contribution in [3.05, 3.63) is 64.0 Å². The summed E-state index contributed by atoms with van der Waals surface area (Å²) in [5.74, 6) is 0.714. The van der Waals surface area contributed by atoms with E-state index in [1.54, 1.807) is 36.0 Å². The van der Waals surface area contributed by atoms with Gasteiger partial charge in [0, 0.05) is 18.7 Å². The molecule has 0 spiro atoms. The maximum Gasteiger partial charge on any atom is 0.272 e. The average molecular weight is 394 g/mol. The molecule has 1 amide bonds. The minimum Gasteiger partial charge on any atom is -0.468 e. The molecule has 4 rings (SSSR count).